The normalized spacial score (nSPS) is 22.3. The summed E-state index contributed by atoms with van der Waals surface area (Å²) < 4.78 is 0. The zero-order chi connectivity index (χ0) is 16.2. The van der Waals surface area contributed by atoms with E-state index in [1.54, 1.807) is 0 Å². The molecule has 1 N–H and O–H groups in total. The van der Waals surface area contributed by atoms with Gasteiger partial charge in [0.05, 0.1) is 5.92 Å². The number of carbonyl (C=O) groups excluding carboxylic acids is 3. The molecule has 1 saturated heterocycles. The standard InChI is InChI=1S/C19H19NO3/c21-16-9-5-14(6-10-16)2-1-13-3-7-15(8-4-13)17-11-12-18(22)20-19(17)23/h3-4,7-8,14,17H,5-6,9-12H2,(H,20,22,23). The maximum absolute atomic E-state index is 11.9. The van der Waals surface area contributed by atoms with Gasteiger partial charge in [-0.25, -0.2) is 0 Å². The van der Waals surface area contributed by atoms with Crippen LogP contribution in [0.5, 0.6) is 0 Å². The molecule has 4 heteroatoms. The van der Waals surface area contributed by atoms with Crippen molar-refractivity contribution in [1.82, 2.24) is 5.32 Å². The highest BCUT2D eigenvalue weighted by Crippen LogP contribution is 2.25. The number of hydrogen-bond acceptors (Lipinski definition) is 3. The second kappa shape index (κ2) is 6.78. The number of rotatable bonds is 1. The maximum Gasteiger partial charge on any atom is 0.234 e. The SMILES string of the molecule is O=C1CCC(C#Cc2ccc(C3CCC(=O)NC3=O)cc2)CC1. The number of Topliss-reactive ketones (excluding diaryl/α,β-unsaturated/α-hetero) is 1. The Kier molecular flexibility index (Phi) is 4.57. The van der Waals surface area contributed by atoms with Crippen LogP contribution < -0.4 is 5.32 Å². The van der Waals surface area contributed by atoms with Gasteiger partial charge in [0.2, 0.25) is 11.8 Å². The van der Waals surface area contributed by atoms with Crippen molar-refractivity contribution in [1.29, 1.82) is 0 Å². The van der Waals surface area contributed by atoms with Gasteiger partial charge in [-0.15, -0.1) is 0 Å². The van der Waals surface area contributed by atoms with Crippen LogP contribution >= 0.6 is 0 Å². The number of benzene rings is 1. The number of amides is 2. The monoisotopic (exact) mass is 309 g/mol. The van der Waals surface area contributed by atoms with E-state index in [1.807, 2.05) is 24.3 Å². The van der Waals surface area contributed by atoms with Gasteiger partial charge in [-0.1, -0.05) is 24.0 Å². The van der Waals surface area contributed by atoms with Crippen molar-refractivity contribution in [3.05, 3.63) is 35.4 Å². The number of nitrogens with one attached hydrogen (secondary N) is 1. The molecule has 2 aliphatic rings. The molecule has 1 aromatic carbocycles. The van der Waals surface area contributed by atoms with Crippen molar-refractivity contribution in [2.24, 2.45) is 5.92 Å². The molecule has 1 aromatic rings. The summed E-state index contributed by atoms with van der Waals surface area (Å²) in [5, 5.41) is 2.38. The first kappa shape index (κ1) is 15.5. The minimum atomic E-state index is -0.251. The van der Waals surface area contributed by atoms with Gasteiger partial charge >= 0.3 is 0 Å². The highest BCUT2D eigenvalue weighted by Gasteiger charge is 2.27. The third-order valence-corrected chi connectivity index (χ3v) is 4.52. The van der Waals surface area contributed by atoms with Gasteiger partial charge in [0.25, 0.3) is 0 Å². The summed E-state index contributed by atoms with van der Waals surface area (Å²) in [6.07, 6.45) is 3.96. The molecule has 1 atom stereocenters. The zero-order valence-electron chi connectivity index (χ0n) is 12.9. The van der Waals surface area contributed by atoms with Crippen LogP contribution in [0.4, 0.5) is 0 Å². The minimum absolute atomic E-state index is 0.195. The highest BCUT2D eigenvalue weighted by atomic mass is 16.2. The van der Waals surface area contributed by atoms with Gasteiger partial charge < -0.3 is 0 Å². The third kappa shape index (κ3) is 3.87. The van der Waals surface area contributed by atoms with Gasteiger partial charge in [0.1, 0.15) is 5.78 Å². The van der Waals surface area contributed by atoms with Crippen molar-refractivity contribution < 1.29 is 14.4 Å². The maximum atomic E-state index is 11.9. The van der Waals surface area contributed by atoms with Crippen LogP contribution in [0, 0.1) is 17.8 Å². The Hall–Kier alpha value is -2.41. The molecule has 2 fully saturated rings. The van der Waals surface area contributed by atoms with Crippen molar-refractivity contribution in [2.75, 3.05) is 0 Å². The first-order valence-corrected chi connectivity index (χ1v) is 8.09. The summed E-state index contributed by atoms with van der Waals surface area (Å²) in [5.74, 6) is 6.40. The second-order valence-corrected chi connectivity index (χ2v) is 6.21. The molecule has 0 spiro atoms. The molecule has 1 heterocycles. The molecule has 1 aliphatic heterocycles. The predicted octanol–water partition coefficient (Wildman–Crippen LogP) is 2.32. The lowest BCUT2D eigenvalue weighted by Gasteiger charge is -2.21. The van der Waals surface area contributed by atoms with Crippen LogP contribution in [0.15, 0.2) is 24.3 Å². The molecular weight excluding hydrogens is 290 g/mol. The van der Waals surface area contributed by atoms with Crippen LogP contribution in [-0.4, -0.2) is 17.6 Å². The van der Waals surface area contributed by atoms with Crippen LogP contribution in [0.1, 0.15) is 55.6 Å². The summed E-state index contributed by atoms with van der Waals surface area (Å²) in [7, 11) is 0. The molecular formula is C19H19NO3. The van der Waals surface area contributed by atoms with Crippen molar-refractivity contribution in [2.45, 2.75) is 44.4 Å². The van der Waals surface area contributed by atoms with E-state index < -0.39 is 0 Å². The fraction of sp³-hybridized carbons (Fsp3) is 0.421. The Bertz CT molecular complexity index is 684. The molecule has 2 amide bonds. The fourth-order valence-corrected chi connectivity index (χ4v) is 3.08. The van der Waals surface area contributed by atoms with E-state index in [9.17, 15) is 14.4 Å². The first-order valence-electron chi connectivity index (χ1n) is 8.09. The second-order valence-electron chi connectivity index (χ2n) is 6.21. The van der Waals surface area contributed by atoms with E-state index in [1.165, 1.54) is 0 Å². The van der Waals surface area contributed by atoms with E-state index in [0.717, 1.165) is 24.0 Å². The molecule has 118 valence electrons. The largest absolute Gasteiger partial charge is 0.300 e. The lowest BCUT2D eigenvalue weighted by atomic mass is 9.88. The molecule has 0 bridgehead atoms. The minimum Gasteiger partial charge on any atom is -0.300 e. The fourth-order valence-electron chi connectivity index (χ4n) is 3.08. The number of ketones is 1. The van der Waals surface area contributed by atoms with Gasteiger partial charge in [-0.3, -0.25) is 19.7 Å². The Balaban J connectivity index is 1.65. The highest BCUT2D eigenvalue weighted by molar-refractivity contribution is 6.00. The van der Waals surface area contributed by atoms with Crippen LogP contribution in [0.25, 0.3) is 0 Å². The van der Waals surface area contributed by atoms with Gasteiger partial charge in [0.15, 0.2) is 0 Å². The van der Waals surface area contributed by atoms with E-state index >= 15 is 0 Å². The summed E-state index contributed by atoms with van der Waals surface area (Å²) in [5.41, 5.74) is 1.83. The zero-order valence-corrected chi connectivity index (χ0v) is 12.9. The number of imide groups is 1. The number of carbonyl (C=O) groups is 3. The van der Waals surface area contributed by atoms with Crippen molar-refractivity contribution >= 4 is 17.6 Å². The summed E-state index contributed by atoms with van der Waals surface area (Å²) >= 11 is 0. The lowest BCUT2D eigenvalue weighted by molar-refractivity contribution is -0.134. The quantitative estimate of drug-likeness (QED) is 0.639. The van der Waals surface area contributed by atoms with Crippen molar-refractivity contribution in [3.8, 4) is 11.8 Å². The molecule has 1 unspecified atom stereocenters. The molecule has 3 rings (SSSR count). The van der Waals surface area contributed by atoms with Crippen molar-refractivity contribution in [3.63, 3.8) is 0 Å². The molecule has 23 heavy (non-hydrogen) atoms. The molecule has 0 radical (unpaired) electrons. The van der Waals surface area contributed by atoms with Gasteiger partial charge in [-0.05, 0) is 37.0 Å². The Morgan fingerprint density at radius 2 is 1.61 bits per heavy atom. The Labute approximate surface area is 135 Å². The summed E-state index contributed by atoms with van der Waals surface area (Å²) in [6, 6.07) is 7.66. The average molecular weight is 309 g/mol. The number of piperidine rings is 1. The lowest BCUT2D eigenvalue weighted by Crippen LogP contribution is -2.39. The van der Waals surface area contributed by atoms with Crippen LogP contribution in [-0.2, 0) is 14.4 Å². The Morgan fingerprint density at radius 1 is 0.913 bits per heavy atom. The molecule has 0 aromatic heterocycles. The third-order valence-electron chi connectivity index (χ3n) is 4.52. The Morgan fingerprint density at radius 3 is 2.26 bits per heavy atom. The predicted molar refractivity (Wildman–Crippen MR) is 85.4 cm³/mol. The smallest absolute Gasteiger partial charge is 0.234 e. The summed E-state index contributed by atoms with van der Waals surface area (Å²) in [4.78, 5) is 34.3. The molecule has 1 saturated carbocycles. The first-order chi connectivity index (χ1) is 11.1. The number of hydrogen-bond donors (Lipinski definition) is 1. The molecule has 1 aliphatic carbocycles. The van der Waals surface area contributed by atoms with Gasteiger partial charge in [0, 0.05) is 30.7 Å². The van der Waals surface area contributed by atoms with E-state index in [4.69, 9.17) is 0 Å². The molecule has 4 nitrogen and oxygen atoms in total. The van der Waals surface area contributed by atoms with E-state index in [2.05, 4.69) is 17.2 Å². The van der Waals surface area contributed by atoms with Gasteiger partial charge in [-0.2, -0.15) is 0 Å². The van der Waals surface area contributed by atoms with Crippen LogP contribution in [0.2, 0.25) is 0 Å². The van der Waals surface area contributed by atoms with Crippen LogP contribution in [0.3, 0.4) is 0 Å². The summed E-state index contributed by atoms with van der Waals surface area (Å²) in [6.45, 7) is 0. The average Bonchev–Trinajstić information content (AvgIpc) is 2.55. The topological polar surface area (TPSA) is 63.2 Å². The van der Waals surface area contributed by atoms with E-state index in [-0.39, 0.29) is 17.7 Å². The van der Waals surface area contributed by atoms with E-state index in [0.29, 0.717) is 37.4 Å².